The van der Waals surface area contributed by atoms with Gasteiger partial charge in [-0.05, 0) is 6.92 Å². The van der Waals surface area contributed by atoms with Crippen LogP contribution in [0.3, 0.4) is 0 Å². The first-order valence-corrected chi connectivity index (χ1v) is 3.98. The minimum Gasteiger partial charge on any atom is -0.438 e. The monoisotopic (exact) mass is 199 g/mol. The van der Waals surface area contributed by atoms with Crippen molar-refractivity contribution in [1.29, 1.82) is 0 Å². The standard InChI is InChI=1S/C7H9N3O2S/c1-4-6(12-3-10-4)7(11)9-2-5(8)13/h3H,2H2,1H3,(H2,8,13)(H,9,11). The highest BCUT2D eigenvalue weighted by Gasteiger charge is 2.12. The highest BCUT2D eigenvalue weighted by atomic mass is 32.1. The van der Waals surface area contributed by atoms with Gasteiger partial charge in [0.2, 0.25) is 5.76 Å². The smallest absolute Gasteiger partial charge is 0.289 e. The Hall–Kier alpha value is -1.43. The molecule has 0 saturated heterocycles. The van der Waals surface area contributed by atoms with Crippen molar-refractivity contribution in [1.82, 2.24) is 10.3 Å². The second-order valence-corrected chi connectivity index (χ2v) is 2.94. The van der Waals surface area contributed by atoms with Crippen LogP contribution in [-0.2, 0) is 0 Å². The molecule has 5 nitrogen and oxygen atoms in total. The molecular weight excluding hydrogens is 190 g/mol. The molecule has 1 aromatic rings. The second-order valence-electron chi connectivity index (χ2n) is 2.42. The minimum absolute atomic E-state index is 0.161. The van der Waals surface area contributed by atoms with E-state index in [1.54, 1.807) is 6.92 Å². The number of aromatic nitrogens is 1. The van der Waals surface area contributed by atoms with Crippen LogP contribution in [0.15, 0.2) is 10.8 Å². The first-order chi connectivity index (χ1) is 6.11. The number of oxazole rings is 1. The van der Waals surface area contributed by atoms with Crippen LogP contribution in [-0.4, -0.2) is 22.4 Å². The van der Waals surface area contributed by atoms with E-state index in [2.05, 4.69) is 22.5 Å². The van der Waals surface area contributed by atoms with Crippen molar-refractivity contribution in [3.05, 3.63) is 17.8 Å². The van der Waals surface area contributed by atoms with Gasteiger partial charge >= 0.3 is 0 Å². The van der Waals surface area contributed by atoms with Gasteiger partial charge in [-0.2, -0.15) is 0 Å². The molecule has 0 atom stereocenters. The molecule has 0 spiro atoms. The molecule has 0 bridgehead atoms. The fraction of sp³-hybridized carbons (Fsp3) is 0.286. The highest BCUT2D eigenvalue weighted by Crippen LogP contribution is 2.03. The van der Waals surface area contributed by atoms with Crippen molar-refractivity contribution in [2.45, 2.75) is 6.92 Å². The Morgan fingerprint density at radius 1 is 1.85 bits per heavy atom. The molecule has 0 aliphatic carbocycles. The molecule has 0 radical (unpaired) electrons. The van der Waals surface area contributed by atoms with E-state index < -0.39 is 0 Å². The third-order valence-electron chi connectivity index (χ3n) is 1.37. The second kappa shape index (κ2) is 3.99. The minimum atomic E-state index is -0.359. The zero-order valence-electron chi connectivity index (χ0n) is 7.03. The number of hydrogen-bond donors (Lipinski definition) is 2. The Morgan fingerprint density at radius 2 is 2.54 bits per heavy atom. The molecule has 1 aromatic heterocycles. The molecule has 1 amide bonds. The van der Waals surface area contributed by atoms with Gasteiger partial charge in [0.15, 0.2) is 6.39 Å². The molecule has 0 aliphatic heterocycles. The Labute approximate surface area is 80.3 Å². The maximum absolute atomic E-state index is 11.3. The fourth-order valence-corrected chi connectivity index (χ4v) is 0.840. The average molecular weight is 199 g/mol. The van der Waals surface area contributed by atoms with Crippen LogP contribution in [0.2, 0.25) is 0 Å². The lowest BCUT2D eigenvalue weighted by Crippen LogP contribution is -2.32. The first kappa shape index (κ1) is 9.66. The first-order valence-electron chi connectivity index (χ1n) is 3.58. The number of aryl methyl sites for hydroxylation is 1. The molecule has 6 heteroatoms. The van der Waals surface area contributed by atoms with E-state index in [4.69, 9.17) is 10.2 Å². The van der Waals surface area contributed by atoms with Gasteiger partial charge in [-0.1, -0.05) is 12.2 Å². The summed E-state index contributed by atoms with van der Waals surface area (Å²) in [5, 5.41) is 2.49. The number of nitrogens with one attached hydrogen (secondary N) is 1. The van der Waals surface area contributed by atoms with Gasteiger partial charge in [-0.25, -0.2) is 4.98 Å². The summed E-state index contributed by atoms with van der Waals surface area (Å²) in [5.41, 5.74) is 5.74. The Balaban J connectivity index is 2.59. The van der Waals surface area contributed by atoms with Gasteiger partial charge in [-0.3, -0.25) is 4.79 Å². The van der Waals surface area contributed by atoms with E-state index in [0.717, 1.165) is 0 Å². The van der Waals surface area contributed by atoms with Crippen molar-refractivity contribution in [2.75, 3.05) is 6.54 Å². The van der Waals surface area contributed by atoms with Crippen LogP contribution in [0.5, 0.6) is 0 Å². The Bertz CT molecular complexity index is 334. The summed E-state index contributed by atoms with van der Waals surface area (Å²) < 4.78 is 4.85. The van der Waals surface area contributed by atoms with Crippen LogP contribution in [0.4, 0.5) is 0 Å². The third-order valence-corrected chi connectivity index (χ3v) is 1.52. The molecule has 1 rings (SSSR count). The van der Waals surface area contributed by atoms with Crippen molar-refractivity contribution in [3.63, 3.8) is 0 Å². The number of hydrogen-bond acceptors (Lipinski definition) is 4. The maximum Gasteiger partial charge on any atom is 0.289 e. The number of amides is 1. The number of nitrogens with zero attached hydrogens (tertiary/aromatic N) is 1. The molecule has 0 unspecified atom stereocenters. The van der Waals surface area contributed by atoms with Crippen molar-refractivity contribution >= 4 is 23.1 Å². The quantitative estimate of drug-likeness (QED) is 0.670. The number of nitrogens with two attached hydrogens (primary N) is 1. The van der Waals surface area contributed by atoms with Gasteiger partial charge in [0.05, 0.1) is 17.2 Å². The summed E-state index contributed by atoms with van der Waals surface area (Å²) in [6, 6.07) is 0. The van der Waals surface area contributed by atoms with E-state index in [1.807, 2.05) is 0 Å². The summed E-state index contributed by atoms with van der Waals surface area (Å²) in [4.78, 5) is 15.3. The predicted molar refractivity (Wildman–Crippen MR) is 50.4 cm³/mol. The lowest BCUT2D eigenvalue weighted by Gasteiger charge is -2.00. The van der Waals surface area contributed by atoms with Crippen LogP contribution < -0.4 is 11.1 Å². The third kappa shape index (κ3) is 2.51. The van der Waals surface area contributed by atoms with E-state index in [0.29, 0.717) is 5.69 Å². The van der Waals surface area contributed by atoms with Crippen LogP contribution in [0.1, 0.15) is 16.2 Å². The van der Waals surface area contributed by atoms with E-state index >= 15 is 0 Å². The summed E-state index contributed by atoms with van der Waals surface area (Å²) >= 11 is 4.59. The topological polar surface area (TPSA) is 81.2 Å². The normalized spacial score (nSPS) is 9.62. The molecule has 0 fully saturated rings. The lowest BCUT2D eigenvalue weighted by atomic mass is 10.3. The van der Waals surface area contributed by atoms with E-state index in [1.165, 1.54) is 6.39 Å². The van der Waals surface area contributed by atoms with Gasteiger partial charge < -0.3 is 15.5 Å². The Kier molecular flexibility index (Phi) is 2.97. The summed E-state index contributed by atoms with van der Waals surface area (Å²) in [6.07, 6.45) is 1.21. The highest BCUT2D eigenvalue weighted by molar-refractivity contribution is 7.80. The summed E-state index contributed by atoms with van der Waals surface area (Å²) in [5.74, 6) is -0.168. The van der Waals surface area contributed by atoms with Crippen LogP contribution >= 0.6 is 12.2 Å². The van der Waals surface area contributed by atoms with Gasteiger partial charge in [0.1, 0.15) is 0 Å². The van der Waals surface area contributed by atoms with Gasteiger partial charge in [-0.15, -0.1) is 0 Å². The molecule has 13 heavy (non-hydrogen) atoms. The number of carbonyl (C=O) groups is 1. The van der Waals surface area contributed by atoms with E-state index in [-0.39, 0.29) is 23.2 Å². The zero-order valence-corrected chi connectivity index (χ0v) is 7.85. The zero-order chi connectivity index (χ0) is 9.84. The average Bonchev–Trinajstić information content (AvgIpc) is 2.47. The van der Waals surface area contributed by atoms with Crippen LogP contribution in [0.25, 0.3) is 0 Å². The van der Waals surface area contributed by atoms with Crippen molar-refractivity contribution in [3.8, 4) is 0 Å². The summed E-state index contributed by atoms with van der Waals surface area (Å²) in [7, 11) is 0. The van der Waals surface area contributed by atoms with Crippen molar-refractivity contribution < 1.29 is 9.21 Å². The molecular formula is C7H9N3O2S. The van der Waals surface area contributed by atoms with Crippen molar-refractivity contribution in [2.24, 2.45) is 5.73 Å². The van der Waals surface area contributed by atoms with Crippen LogP contribution in [0, 0.1) is 6.92 Å². The largest absolute Gasteiger partial charge is 0.438 e. The predicted octanol–water partition coefficient (Wildman–Crippen LogP) is -0.00108. The van der Waals surface area contributed by atoms with E-state index in [9.17, 15) is 4.79 Å². The molecule has 0 aliphatic rings. The number of rotatable bonds is 3. The molecule has 3 N–H and O–H groups in total. The molecule has 0 saturated carbocycles. The molecule has 70 valence electrons. The van der Waals surface area contributed by atoms with Gasteiger partial charge in [0, 0.05) is 0 Å². The summed E-state index contributed by atoms with van der Waals surface area (Å²) in [6.45, 7) is 1.84. The SMILES string of the molecule is Cc1ncoc1C(=O)NCC(N)=S. The van der Waals surface area contributed by atoms with Gasteiger partial charge in [0.25, 0.3) is 5.91 Å². The molecule has 0 aromatic carbocycles. The molecule has 1 heterocycles. The Morgan fingerprint density at radius 3 is 3.00 bits per heavy atom. The number of thiocarbonyl (C=S) groups is 1. The number of carbonyl (C=O) groups excluding carboxylic acids is 1. The fourth-order valence-electron chi connectivity index (χ4n) is 0.768. The lowest BCUT2D eigenvalue weighted by molar-refractivity contribution is 0.0931. The maximum atomic E-state index is 11.3.